The van der Waals surface area contributed by atoms with Crippen LogP contribution in [0.5, 0.6) is 0 Å². The Morgan fingerprint density at radius 3 is 1.77 bits per heavy atom. The zero-order chi connectivity index (χ0) is 24.9. The van der Waals surface area contributed by atoms with Crippen LogP contribution in [-0.2, 0) is 31.0 Å². The second-order valence-corrected chi connectivity index (χ2v) is 12.5. The molecule has 199 valence electrons. The first-order valence-corrected chi connectivity index (χ1v) is 17.0. The van der Waals surface area contributed by atoms with Gasteiger partial charge in [-0.25, -0.2) is 0 Å². The van der Waals surface area contributed by atoms with Gasteiger partial charge in [0, 0.05) is 62.3 Å². The Morgan fingerprint density at radius 1 is 0.914 bits per heavy atom. The van der Waals surface area contributed by atoms with Crippen LogP contribution in [0.3, 0.4) is 0 Å². The van der Waals surface area contributed by atoms with Crippen molar-refractivity contribution < 1.29 is 17.9 Å². The van der Waals surface area contributed by atoms with E-state index in [-0.39, 0.29) is 19.0 Å². The molecule has 1 aliphatic heterocycles. The number of amides is 1. The standard InChI is InChI=1S/C24H40N6OS.2ClH.Mn/c1-25-24(31)16-32-19-12-17-14-28-22-8-4-2-6-20(22)26-10-11-27-21-7-3-5-9-23(21)29-15-18(13-19)30-17;;;/h12-13,20-23,26-29H,2-11,14-16H2,1H3,(H,25,31);2*1H;/q;;;+2/p-2/t20-,21-,22-,23-;;;/m1.../s1. The number of aromatic nitrogens is 1. The Bertz CT molecular complexity index is 731. The van der Waals surface area contributed by atoms with Crippen LogP contribution in [0, 0.1) is 0 Å². The second-order valence-electron chi connectivity index (χ2n) is 9.47. The van der Waals surface area contributed by atoms with Gasteiger partial charge in [-0.2, -0.15) is 0 Å². The third-order valence-electron chi connectivity index (χ3n) is 7.11. The van der Waals surface area contributed by atoms with E-state index in [0.29, 0.717) is 29.9 Å². The Kier molecular flexibility index (Phi) is 14.1. The molecule has 2 heterocycles. The van der Waals surface area contributed by atoms with Crippen LogP contribution in [0.15, 0.2) is 17.0 Å². The van der Waals surface area contributed by atoms with E-state index < -0.39 is 0 Å². The number of rotatable bonds is 3. The molecule has 1 amide bonds. The maximum absolute atomic E-state index is 11.8. The first-order chi connectivity index (χ1) is 17.1. The number of thioether (sulfide) groups is 1. The van der Waals surface area contributed by atoms with Crippen LogP contribution in [0.4, 0.5) is 0 Å². The first-order valence-electron chi connectivity index (χ1n) is 12.8. The number of pyridine rings is 1. The number of carbonyl (C=O) groups excluding carboxylic acids is 1. The van der Waals surface area contributed by atoms with Gasteiger partial charge >= 0.3 is 33.3 Å². The van der Waals surface area contributed by atoms with Gasteiger partial charge in [0.15, 0.2) is 0 Å². The van der Waals surface area contributed by atoms with Gasteiger partial charge in [-0.3, -0.25) is 9.78 Å². The van der Waals surface area contributed by atoms with Crippen molar-refractivity contribution in [1.82, 2.24) is 31.6 Å². The number of hydrogen-bond acceptors (Lipinski definition) is 7. The van der Waals surface area contributed by atoms with E-state index in [1.165, 1.54) is 51.4 Å². The van der Waals surface area contributed by atoms with Crippen molar-refractivity contribution in [3.05, 3.63) is 23.5 Å². The summed E-state index contributed by atoms with van der Waals surface area (Å²) in [5.41, 5.74) is 2.14. The van der Waals surface area contributed by atoms with E-state index in [1.807, 2.05) is 0 Å². The fourth-order valence-electron chi connectivity index (χ4n) is 5.33. The van der Waals surface area contributed by atoms with Crippen molar-refractivity contribution in [2.24, 2.45) is 0 Å². The van der Waals surface area contributed by atoms with Gasteiger partial charge in [-0.15, -0.1) is 11.8 Å². The minimum absolute atomic E-state index is 0.00694. The molecule has 4 rings (SSSR count). The number of carbonyl (C=O) groups is 1. The SMILES string of the molecule is CNC(=O)CSc1cc2nc(c1)CN[C@@H]1CCCC[C@H]1NCCN[C@@H]1CCCC[C@H]1NC2.[Cl][Mn][Cl]. The van der Waals surface area contributed by atoms with Crippen molar-refractivity contribution in [3.63, 3.8) is 0 Å². The molecule has 2 bridgehead atoms. The molecule has 0 radical (unpaired) electrons. The number of hydrogen-bond donors (Lipinski definition) is 5. The van der Waals surface area contributed by atoms with E-state index in [9.17, 15) is 4.79 Å². The number of nitrogens with one attached hydrogen (secondary N) is 5. The van der Waals surface area contributed by atoms with Crippen molar-refractivity contribution in [3.8, 4) is 0 Å². The third-order valence-corrected chi connectivity index (χ3v) is 8.09. The molecule has 3 aliphatic rings. The molecule has 2 fully saturated rings. The summed E-state index contributed by atoms with van der Waals surface area (Å²) in [5.74, 6) is 0.487. The topological polar surface area (TPSA) is 90.1 Å². The molecule has 4 atom stereocenters. The third kappa shape index (κ3) is 10.3. The summed E-state index contributed by atoms with van der Waals surface area (Å²) in [5, 5.41) is 18.0. The number of fused-ring (bicyclic) bond motifs is 4. The molecule has 2 aliphatic carbocycles. The predicted octanol–water partition coefficient (Wildman–Crippen LogP) is 3.29. The molecule has 0 saturated heterocycles. The Hall–Kier alpha value is -0.0905. The van der Waals surface area contributed by atoms with Gasteiger partial charge < -0.3 is 26.6 Å². The predicted molar refractivity (Wildman–Crippen MR) is 143 cm³/mol. The zero-order valence-corrected chi connectivity index (χ0v) is 24.1. The molecular weight excluding hydrogens is 546 g/mol. The molecule has 11 heteroatoms. The average molecular weight is 587 g/mol. The normalized spacial score (nSPS) is 27.6. The number of nitrogens with zero attached hydrogens (tertiary/aromatic N) is 1. The molecule has 0 spiro atoms. The van der Waals surface area contributed by atoms with E-state index in [2.05, 4.69) is 38.7 Å². The van der Waals surface area contributed by atoms with E-state index in [4.69, 9.17) is 25.2 Å². The van der Waals surface area contributed by atoms with Crippen LogP contribution in [-0.4, -0.2) is 60.9 Å². The monoisotopic (exact) mass is 585 g/mol. The molecular formula is C24H40Cl2MnN6OS. The molecule has 2 saturated carbocycles. The van der Waals surface area contributed by atoms with Gasteiger partial charge in [-0.05, 0) is 37.8 Å². The molecule has 35 heavy (non-hydrogen) atoms. The van der Waals surface area contributed by atoms with Crippen molar-refractivity contribution in [1.29, 1.82) is 0 Å². The van der Waals surface area contributed by atoms with E-state index in [1.54, 1.807) is 18.8 Å². The molecule has 0 unspecified atom stereocenters. The molecule has 0 aromatic carbocycles. The quantitative estimate of drug-likeness (QED) is 0.275. The van der Waals surface area contributed by atoms with Gasteiger partial charge in [-0.1, -0.05) is 25.7 Å². The fraction of sp³-hybridized carbons (Fsp3) is 0.750. The second kappa shape index (κ2) is 16.7. The minimum atomic E-state index is 0.00694. The summed E-state index contributed by atoms with van der Waals surface area (Å²) in [7, 11) is 11.3. The van der Waals surface area contributed by atoms with Gasteiger partial charge in [0.1, 0.15) is 0 Å². The van der Waals surface area contributed by atoms with Crippen LogP contribution in [0.25, 0.3) is 0 Å². The van der Waals surface area contributed by atoms with Crippen LogP contribution < -0.4 is 26.6 Å². The maximum atomic E-state index is 11.8. The fourth-order valence-corrected chi connectivity index (χ4v) is 6.21. The Morgan fingerprint density at radius 2 is 1.34 bits per heavy atom. The summed E-state index contributed by atoms with van der Waals surface area (Å²) < 4.78 is 0. The molecule has 7 nitrogen and oxygen atoms in total. The van der Waals surface area contributed by atoms with Gasteiger partial charge in [0.2, 0.25) is 5.91 Å². The summed E-state index contributed by atoms with van der Waals surface area (Å²) in [6, 6.07) is 6.34. The van der Waals surface area contributed by atoms with Gasteiger partial charge in [0.25, 0.3) is 0 Å². The first kappa shape index (κ1) is 29.5. The summed E-state index contributed by atoms with van der Waals surface area (Å²) >= 11 is 1.60. The number of halogens is 2. The summed E-state index contributed by atoms with van der Waals surface area (Å²) in [4.78, 5) is 17.9. The van der Waals surface area contributed by atoms with Crippen molar-refractivity contribution >= 4 is 37.9 Å². The van der Waals surface area contributed by atoms with E-state index >= 15 is 0 Å². The van der Waals surface area contributed by atoms with Crippen LogP contribution >= 0.6 is 32.0 Å². The Balaban J connectivity index is 0.00000108. The molecule has 1 aromatic rings. The summed E-state index contributed by atoms with van der Waals surface area (Å²) in [6.07, 6.45) is 10.1. The summed E-state index contributed by atoms with van der Waals surface area (Å²) in [6.45, 7) is 3.60. The molecule has 1 aromatic heterocycles. The average Bonchev–Trinajstić information content (AvgIpc) is 2.88. The molecule has 5 N–H and O–H groups in total. The van der Waals surface area contributed by atoms with Crippen molar-refractivity contribution in [2.75, 3.05) is 25.9 Å². The van der Waals surface area contributed by atoms with Crippen LogP contribution in [0.2, 0.25) is 0 Å². The zero-order valence-electron chi connectivity index (χ0n) is 20.6. The van der Waals surface area contributed by atoms with Crippen molar-refractivity contribution in [2.45, 2.75) is 93.5 Å². The van der Waals surface area contributed by atoms with Gasteiger partial charge in [0.05, 0.1) is 17.1 Å². The van der Waals surface area contributed by atoms with E-state index in [0.717, 1.165) is 42.5 Å². The van der Waals surface area contributed by atoms with Crippen LogP contribution in [0.1, 0.15) is 62.8 Å². The Labute approximate surface area is 229 Å².